The Bertz CT molecular complexity index is 802. The van der Waals surface area contributed by atoms with E-state index in [0.717, 1.165) is 16.7 Å². The average molecular weight is 286 g/mol. The lowest BCUT2D eigenvalue weighted by Crippen LogP contribution is -2.04. The van der Waals surface area contributed by atoms with Gasteiger partial charge in [-0.05, 0) is 18.1 Å². The summed E-state index contributed by atoms with van der Waals surface area (Å²) in [5, 5.41) is 1.06. The van der Waals surface area contributed by atoms with E-state index in [1.807, 2.05) is 37.3 Å². The fraction of sp³-hybridized carbons (Fsp3) is 0.0714. The van der Waals surface area contributed by atoms with Crippen molar-refractivity contribution in [2.75, 3.05) is 11.5 Å². The van der Waals surface area contributed by atoms with Gasteiger partial charge in [0.05, 0.1) is 5.39 Å². The molecule has 1 aromatic carbocycles. The molecule has 5 nitrogen and oxygen atoms in total. The molecule has 0 unspecified atom stereocenters. The molecule has 4 N–H and O–H groups in total. The summed E-state index contributed by atoms with van der Waals surface area (Å²) < 4.78 is 0. The monoisotopic (exact) mass is 285 g/mol. The average Bonchev–Trinajstić information content (AvgIpc) is 2.42. The summed E-state index contributed by atoms with van der Waals surface area (Å²) in [5.74, 6) is 0.389. The van der Waals surface area contributed by atoms with E-state index in [-0.39, 0.29) is 5.95 Å². The molecule has 0 amide bonds. The van der Waals surface area contributed by atoms with Crippen molar-refractivity contribution >= 4 is 34.4 Å². The summed E-state index contributed by atoms with van der Waals surface area (Å²) in [5.41, 5.74) is 14.7. The number of hydrogen-bond acceptors (Lipinski definition) is 5. The molecule has 2 heterocycles. The predicted octanol–water partition coefficient (Wildman–Crippen LogP) is 2.82. The number of benzene rings is 1. The number of fused-ring (bicyclic) bond motifs is 1. The van der Waals surface area contributed by atoms with Gasteiger partial charge in [-0.3, -0.25) is 0 Å². The fourth-order valence-corrected chi connectivity index (χ4v) is 2.41. The number of anilines is 2. The number of nitrogen functional groups attached to an aromatic ring is 2. The van der Waals surface area contributed by atoms with Gasteiger partial charge in [0.15, 0.2) is 5.65 Å². The van der Waals surface area contributed by atoms with E-state index in [1.54, 1.807) is 0 Å². The largest absolute Gasteiger partial charge is 0.383 e. The fourth-order valence-electron chi connectivity index (χ4n) is 2.24. The highest BCUT2D eigenvalue weighted by atomic mass is 35.5. The van der Waals surface area contributed by atoms with Gasteiger partial charge in [0.25, 0.3) is 0 Å². The lowest BCUT2D eigenvalue weighted by atomic mass is 9.99. The van der Waals surface area contributed by atoms with Crippen LogP contribution < -0.4 is 11.5 Å². The molecule has 0 atom stereocenters. The standard InChI is InChI=1S/C14H12ClN5/c1-7-9(8-5-3-2-4-6-8)10-12(16)19-14(17)20-13(10)18-11(7)15/h2-6H,1H3,(H4,16,17,18,19,20). The van der Waals surface area contributed by atoms with Crippen molar-refractivity contribution in [3.63, 3.8) is 0 Å². The second-order valence-electron chi connectivity index (χ2n) is 4.43. The first kappa shape index (κ1) is 12.6. The van der Waals surface area contributed by atoms with Gasteiger partial charge in [0.2, 0.25) is 5.95 Å². The second-order valence-corrected chi connectivity index (χ2v) is 4.79. The number of nitrogens with zero attached hydrogens (tertiary/aromatic N) is 3. The van der Waals surface area contributed by atoms with Gasteiger partial charge in [-0.15, -0.1) is 0 Å². The second kappa shape index (κ2) is 4.61. The van der Waals surface area contributed by atoms with Crippen LogP contribution in [0.25, 0.3) is 22.2 Å². The van der Waals surface area contributed by atoms with E-state index >= 15 is 0 Å². The van der Waals surface area contributed by atoms with Crippen LogP contribution >= 0.6 is 11.6 Å². The Kier molecular flexibility index (Phi) is 2.91. The van der Waals surface area contributed by atoms with Crippen LogP contribution in [0.2, 0.25) is 5.15 Å². The number of hydrogen-bond donors (Lipinski definition) is 2. The maximum atomic E-state index is 6.19. The molecule has 0 saturated heterocycles. The van der Waals surface area contributed by atoms with E-state index in [4.69, 9.17) is 23.1 Å². The zero-order valence-electron chi connectivity index (χ0n) is 10.8. The van der Waals surface area contributed by atoms with Crippen LogP contribution in [-0.4, -0.2) is 15.0 Å². The van der Waals surface area contributed by atoms with E-state index in [0.29, 0.717) is 22.0 Å². The van der Waals surface area contributed by atoms with Crippen molar-refractivity contribution in [1.29, 1.82) is 0 Å². The van der Waals surface area contributed by atoms with Crippen LogP contribution in [0.15, 0.2) is 30.3 Å². The number of pyridine rings is 1. The molecule has 3 aromatic rings. The van der Waals surface area contributed by atoms with Crippen LogP contribution in [0.5, 0.6) is 0 Å². The minimum Gasteiger partial charge on any atom is -0.383 e. The maximum absolute atomic E-state index is 6.19. The van der Waals surface area contributed by atoms with E-state index in [1.165, 1.54) is 0 Å². The third-order valence-corrected chi connectivity index (χ3v) is 3.50. The van der Waals surface area contributed by atoms with E-state index < -0.39 is 0 Å². The molecule has 6 heteroatoms. The van der Waals surface area contributed by atoms with Gasteiger partial charge in [0.1, 0.15) is 11.0 Å². The Labute approximate surface area is 120 Å². The van der Waals surface area contributed by atoms with Gasteiger partial charge >= 0.3 is 0 Å². The summed E-state index contributed by atoms with van der Waals surface area (Å²) in [6, 6.07) is 9.80. The highest BCUT2D eigenvalue weighted by Crippen LogP contribution is 2.36. The number of nitrogens with two attached hydrogens (primary N) is 2. The summed E-state index contributed by atoms with van der Waals surface area (Å²) >= 11 is 6.19. The van der Waals surface area contributed by atoms with Gasteiger partial charge in [-0.1, -0.05) is 41.9 Å². The smallest absolute Gasteiger partial charge is 0.224 e. The molecule has 2 aromatic heterocycles. The minimum absolute atomic E-state index is 0.0847. The lowest BCUT2D eigenvalue weighted by molar-refractivity contribution is 1.19. The van der Waals surface area contributed by atoms with Gasteiger partial charge < -0.3 is 11.5 Å². The minimum atomic E-state index is 0.0847. The first-order valence-electron chi connectivity index (χ1n) is 6.02. The van der Waals surface area contributed by atoms with E-state index in [9.17, 15) is 0 Å². The van der Waals surface area contributed by atoms with E-state index in [2.05, 4.69) is 15.0 Å². The molecule has 3 rings (SSSR count). The maximum Gasteiger partial charge on any atom is 0.224 e. The van der Waals surface area contributed by atoms with Crippen LogP contribution in [0.4, 0.5) is 11.8 Å². The SMILES string of the molecule is Cc1c(Cl)nc2nc(N)nc(N)c2c1-c1ccccc1. The van der Waals surface area contributed by atoms with Crippen LogP contribution in [-0.2, 0) is 0 Å². The Balaban J connectivity index is 2.49. The quantitative estimate of drug-likeness (QED) is 0.671. The molecule has 0 radical (unpaired) electrons. The number of rotatable bonds is 1. The molecule has 0 bridgehead atoms. The zero-order valence-corrected chi connectivity index (χ0v) is 11.5. The van der Waals surface area contributed by atoms with Crippen LogP contribution in [0, 0.1) is 6.92 Å². The van der Waals surface area contributed by atoms with Gasteiger partial charge in [0, 0.05) is 5.56 Å². The van der Waals surface area contributed by atoms with Gasteiger partial charge in [-0.25, -0.2) is 4.98 Å². The molecule has 0 saturated carbocycles. The van der Waals surface area contributed by atoms with Crippen molar-refractivity contribution in [2.45, 2.75) is 6.92 Å². The lowest BCUT2D eigenvalue weighted by Gasteiger charge is -2.12. The molecular formula is C14H12ClN5. The summed E-state index contributed by atoms with van der Waals surface area (Å²) in [6.45, 7) is 1.90. The Morgan fingerprint density at radius 1 is 1.00 bits per heavy atom. The summed E-state index contributed by atoms with van der Waals surface area (Å²) in [7, 11) is 0. The third-order valence-electron chi connectivity index (χ3n) is 3.14. The highest BCUT2D eigenvalue weighted by Gasteiger charge is 2.16. The molecule has 100 valence electrons. The Morgan fingerprint density at radius 2 is 1.70 bits per heavy atom. The van der Waals surface area contributed by atoms with Crippen molar-refractivity contribution in [1.82, 2.24) is 15.0 Å². The molecule has 0 aliphatic carbocycles. The predicted molar refractivity (Wildman–Crippen MR) is 81.3 cm³/mol. The molecular weight excluding hydrogens is 274 g/mol. The third kappa shape index (κ3) is 1.92. The zero-order chi connectivity index (χ0) is 14.3. The van der Waals surface area contributed by atoms with Crippen LogP contribution in [0.1, 0.15) is 5.56 Å². The topological polar surface area (TPSA) is 90.7 Å². The molecule has 20 heavy (non-hydrogen) atoms. The summed E-state index contributed by atoms with van der Waals surface area (Å²) in [4.78, 5) is 12.4. The number of halogens is 1. The first-order chi connectivity index (χ1) is 9.58. The van der Waals surface area contributed by atoms with Crippen molar-refractivity contribution in [3.8, 4) is 11.1 Å². The van der Waals surface area contributed by atoms with Crippen molar-refractivity contribution in [2.24, 2.45) is 0 Å². The molecule has 0 aliphatic rings. The summed E-state index contributed by atoms with van der Waals surface area (Å²) in [6.07, 6.45) is 0. The normalized spacial score (nSPS) is 10.9. The van der Waals surface area contributed by atoms with Gasteiger partial charge in [-0.2, -0.15) is 9.97 Å². The first-order valence-corrected chi connectivity index (χ1v) is 6.40. The van der Waals surface area contributed by atoms with Crippen molar-refractivity contribution in [3.05, 3.63) is 41.0 Å². The Hall–Kier alpha value is -2.40. The molecule has 0 fully saturated rings. The molecule has 0 aliphatic heterocycles. The van der Waals surface area contributed by atoms with Crippen LogP contribution in [0.3, 0.4) is 0 Å². The highest BCUT2D eigenvalue weighted by molar-refractivity contribution is 6.31. The van der Waals surface area contributed by atoms with Crippen molar-refractivity contribution < 1.29 is 0 Å². The molecule has 0 spiro atoms. The number of aromatic nitrogens is 3. The Morgan fingerprint density at radius 3 is 2.40 bits per heavy atom.